The molecule has 0 atom stereocenters. The van der Waals surface area contributed by atoms with Gasteiger partial charge in [-0.1, -0.05) is 12.1 Å². The van der Waals surface area contributed by atoms with Crippen LogP contribution in [0.5, 0.6) is 0 Å². The predicted molar refractivity (Wildman–Crippen MR) is 44.6 cm³/mol. The Morgan fingerprint density at radius 1 is 1.14 bits per heavy atom. The molecule has 1 aromatic carbocycles. The minimum Gasteiger partial charge on any atom is -0.224 e. The lowest BCUT2D eigenvalue weighted by Crippen LogP contribution is -2.11. The molecule has 6 heteroatoms. The van der Waals surface area contributed by atoms with Crippen molar-refractivity contribution in [2.24, 2.45) is 0 Å². The molecule has 0 saturated carbocycles. The quantitative estimate of drug-likeness (QED) is 0.732. The zero-order valence-corrected chi connectivity index (χ0v) is 7.98. The van der Waals surface area contributed by atoms with Crippen LogP contribution >= 0.6 is 0 Å². The van der Waals surface area contributed by atoms with Crippen molar-refractivity contribution in [3.05, 3.63) is 29.8 Å². The molecule has 78 valence electrons. The number of sulfone groups is 1. The Morgan fingerprint density at radius 3 is 2.00 bits per heavy atom. The molecular formula is C8H7F3O2S. The maximum atomic E-state index is 12.3. The summed E-state index contributed by atoms with van der Waals surface area (Å²) in [6.45, 7) is 0. The first-order valence-corrected chi connectivity index (χ1v) is 5.48. The van der Waals surface area contributed by atoms with E-state index < -0.39 is 26.5 Å². The summed E-state index contributed by atoms with van der Waals surface area (Å²) in [5.74, 6) is 0. The van der Waals surface area contributed by atoms with Gasteiger partial charge >= 0.3 is 6.18 Å². The molecule has 0 N–H and O–H groups in total. The summed E-state index contributed by atoms with van der Waals surface area (Å²) in [6, 6.07) is 4.09. The molecule has 14 heavy (non-hydrogen) atoms. The standard InChI is InChI=1S/C8H7F3O2S/c1-14(12,13)7-5-3-2-4-6(7)8(9,10)11/h2-5H,1H3. The second kappa shape index (κ2) is 3.27. The molecule has 0 bridgehead atoms. The first kappa shape index (κ1) is 11.0. The fraction of sp³-hybridized carbons (Fsp3) is 0.250. The number of alkyl halides is 3. The molecule has 0 fully saturated rings. The first-order valence-electron chi connectivity index (χ1n) is 3.59. The van der Waals surface area contributed by atoms with Crippen LogP contribution in [0.3, 0.4) is 0 Å². The Bertz CT molecular complexity index is 434. The molecular weight excluding hydrogens is 217 g/mol. The SMILES string of the molecule is CS(=O)(=O)c1ccccc1C(F)(F)F. The van der Waals surface area contributed by atoms with Crippen molar-refractivity contribution in [1.82, 2.24) is 0 Å². The Balaban J connectivity index is 3.47. The lowest BCUT2D eigenvalue weighted by atomic mass is 10.2. The second-order valence-electron chi connectivity index (χ2n) is 2.77. The van der Waals surface area contributed by atoms with Crippen molar-refractivity contribution in [3.63, 3.8) is 0 Å². The van der Waals surface area contributed by atoms with Crippen molar-refractivity contribution in [3.8, 4) is 0 Å². The highest BCUT2D eigenvalue weighted by molar-refractivity contribution is 7.90. The third kappa shape index (κ3) is 2.25. The van der Waals surface area contributed by atoms with Crippen LogP contribution in [-0.2, 0) is 16.0 Å². The molecule has 0 saturated heterocycles. The smallest absolute Gasteiger partial charge is 0.224 e. The topological polar surface area (TPSA) is 34.1 Å². The molecule has 1 aromatic rings. The third-order valence-electron chi connectivity index (χ3n) is 1.59. The molecule has 0 spiro atoms. The summed E-state index contributed by atoms with van der Waals surface area (Å²) in [7, 11) is -3.84. The summed E-state index contributed by atoms with van der Waals surface area (Å²) in [6.07, 6.45) is -3.89. The number of benzene rings is 1. The van der Waals surface area contributed by atoms with E-state index in [0.29, 0.717) is 0 Å². The second-order valence-corrected chi connectivity index (χ2v) is 4.75. The molecule has 0 aromatic heterocycles. The van der Waals surface area contributed by atoms with Gasteiger partial charge in [0, 0.05) is 6.26 Å². The van der Waals surface area contributed by atoms with Crippen LogP contribution < -0.4 is 0 Å². The van der Waals surface area contributed by atoms with Crippen molar-refractivity contribution < 1.29 is 21.6 Å². The Labute approximate surface area is 79.3 Å². The van der Waals surface area contributed by atoms with Crippen molar-refractivity contribution in [2.75, 3.05) is 6.26 Å². The lowest BCUT2D eigenvalue weighted by molar-refractivity contribution is -0.139. The van der Waals surface area contributed by atoms with E-state index in [0.717, 1.165) is 24.5 Å². The fourth-order valence-corrected chi connectivity index (χ4v) is 1.93. The minimum absolute atomic E-state index is 0.687. The van der Waals surface area contributed by atoms with E-state index in [2.05, 4.69) is 0 Å². The van der Waals surface area contributed by atoms with E-state index in [1.54, 1.807) is 0 Å². The summed E-state index contributed by atoms with van der Waals surface area (Å²) in [4.78, 5) is -0.687. The molecule has 1 rings (SSSR count). The molecule has 0 aliphatic heterocycles. The van der Waals surface area contributed by atoms with Crippen LogP contribution in [-0.4, -0.2) is 14.7 Å². The van der Waals surface area contributed by atoms with Crippen LogP contribution in [0, 0.1) is 0 Å². The highest BCUT2D eigenvalue weighted by Gasteiger charge is 2.35. The largest absolute Gasteiger partial charge is 0.417 e. The Hall–Kier alpha value is -1.04. The molecule has 2 nitrogen and oxygen atoms in total. The van der Waals surface area contributed by atoms with E-state index in [9.17, 15) is 21.6 Å². The molecule has 0 aliphatic rings. The molecule has 0 radical (unpaired) electrons. The van der Waals surface area contributed by atoms with Crippen LogP contribution in [0.1, 0.15) is 5.56 Å². The van der Waals surface area contributed by atoms with Gasteiger partial charge in [0.15, 0.2) is 9.84 Å². The normalized spacial score (nSPS) is 12.9. The van der Waals surface area contributed by atoms with Gasteiger partial charge in [-0.2, -0.15) is 13.2 Å². The molecule has 0 unspecified atom stereocenters. The maximum Gasteiger partial charge on any atom is 0.417 e. The van der Waals surface area contributed by atoms with Gasteiger partial charge in [0.1, 0.15) is 0 Å². The highest BCUT2D eigenvalue weighted by Crippen LogP contribution is 2.33. The molecule has 0 aliphatic carbocycles. The number of rotatable bonds is 1. The monoisotopic (exact) mass is 224 g/mol. The summed E-state index contributed by atoms with van der Waals surface area (Å²) < 4.78 is 58.9. The van der Waals surface area contributed by atoms with E-state index in [1.165, 1.54) is 6.07 Å². The minimum atomic E-state index is -4.64. The van der Waals surface area contributed by atoms with Gasteiger partial charge in [-0.3, -0.25) is 0 Å². The maximum absolute atomic E-state index is 12.3. The van der Waals surface area contributed by atoms with Crippen LogP contribution in [0.15, 0.2) is 29.2 Å². The number of hydrogen-bond donors (Lipinski definition) is 0. The van der Waals surface area contributed by atoms with Crippen LogP contribution in [0.4, 0.5) is 13.2 Å². The van der Waals surface area contributed by atoms with Crippen molar-refractivity contribution in [2.45, 2.75) is 11.1 Å². The predicted octanol–water partition coefficient (Wildman–Crippen LogP) is 2.11. The highest BCUT2D eigenvalue weighted by atomic mass is 32.2. The van der Waals surface area contributed by atoms with Gasteiger partial charge in [-0.25, -0.2) is 8.42 Å². The molecule has 0 heterocycles. The van der Waals surface area contributed by atoms with E-state index in [1.807, 2.05) is 0 Å². The van der Waals surface area contributed by atoms with Gasteiger partial charge in [0.05, 0.1) is 10.5 Å². The van der Waals surface area contributed by atoms with Gasteiger partial charge in [0.2, 0.25) is 0 Å². The van der Waals surface area contributed by atoms with Gasteiger partial charge in [-0.15, -0.1) is 0 Å². The number of halogens is 3. The summed E-state index contributed by atoms with van der Waals surface area (Å²) in [5, 5.41) is 0. The van der Waals surface area contributed by atoms with Crippen molar-refractivity contribution >= 4 is 9.84 Å². The Kier molecular flexibility index (Phi) is 2.58. The average molecular weight is 224 g/mol. The average Bonchev–Trinajstić information content (AvgIpc) is 2.01. The van der Waals surface area contributed by atoms with Crippen LogP contribution in [0.25, 0.3) is 0 Å². The zero-order valence-electron chi connectivity index (χ0n) is 7.17. The van der Waals surface area contributed by atoms with Crippen molar-refractivity contribution in [1.29, 1.82) is 0 Å². The lowest BCUT2D eigenvalue weighted by Gasteiger charge is -2.10. The van der Waals surface area contributed by atoms with Gasteiger partial charge < -0.3 is 0 Å². The Morgan fingerprint density at radius 2 is 1.64 bits per heavy atom. The van der Waals surface area contributed by atoms with E-state index in [-0.39, 0.29) is 0 Å². The van der Waals surface area contributed by atoms with E-state index in [4.69, 9.17) is 0 Å². The summed E-state index contributed by atoms with van der Waals surface area (Å²) in [5.41, 5.74) is -1.12. The first-order chi connectivity index (χ1) is 6.23. The number of hydrogen-bond acceptors (Lipinski definition) is 2. The van der Waals surface area contributed by atoms with Crippen LogP contribution in [0.2, 0.25) is 0 Å². The fourth-order valence-electron chi connectivity index (χ4n) is 1.02. The summed E-state index contributed by atoms with van der Waals surface area (Å²) >= 11 is 0. The van der Waals surface area contributed by atoms with Gasteiger partial charge in [0.25, 0.3) is 0 Å². The zero-order chi connectivity index (χ0) is 11.0. The molecule has 0 amide bonds. The third-order valence-corrected chi connectivity index (χ3v) is 2.75. The van der Waals surface area contributed by atoms with E-state index >= 15 is 0 Å². The van der Waals surface area contributed by atoms with Gasteiger partial charge in [-0.05, 0) is 12.1 Å².